The van der Waals surface area contributed by atoms with Gasteiger partial charge in [-0.05, 0) is 59.3 Å². The highest BCUT2D eigenvalue weighted by molar-refractivity contribution is 7.99. The van der Waals surface area contributed by atoms with E-state index in [1.807, 2.05) is 6.92 Å². The summed E-state index contributed by atoms with van der Waals surface area (Å²) in [4.78, 5) is 0. The molecule has 0 spiro atoms. The highest BCUT2D eigenvalue weighted by Gasteiger charge is 2.31. The molecule has 0 aliphatic rings. The Hall–Kier alpha value is -2.62. The van der Waals surface area contributed by atoms with Crippen LogP contribution in [0.5, 0.6) is 5.75 Å². The van der Waals surface area contributed by atoms with Crippen molar-refractivity contribution in [3.63, 3.8) is 0 Å². The largest absolute Gasteiger partial charge is 0.573 e. The zero-order chi connectivity index (χ0) is 18.7. The minimum atomic E-state index is -4.75. The van der Waals surface area contributed by atoms with Gasteiger partial charge in [0.1, 0.15) is 11.6 Å². The van der Waals surface area contributed by atoms with Crippen molar-refractivity contribution >= 4 is 11.8 Å². The highest BCUT2D eigenvalue weighted by atomic mass is 32.2. The summed E-state index contributed by atoms with van der Waals surface area (Å²) in [5, 5.41) is 11.8. The molecule has 0 N–H and O–H groups in total. The van der Waals surface area contributed by atoms with Gasteiger partial charge in [0.25, 0.3) is 0 Å². The lowest BCUT2D eigenvalue weighted by atomic mass is 10.2. The van der Waals surface area contributed by atoms with Crippen LogP contribution in [-0.4, -0.2) is 26.6 Å². The molecule has 0 fully saturated rings. The first-order chi connectivity index (χ1) is 12.3. The van der Waals surface area contributed by atoms with E-state index in [9.17, 15) is 17.6 Å². The van der Waals surface area contributed by atoms with Crippen LogP contribution < -0.4 is 4.74 Å². The maximum absolute atomic E-state index is 13.0. The second kappa shape index (κ2) is 7.32. The van der Waals surface area contributed by atoms with E-state index in [1.54, 1.807) is 12.1 Å². The van der Waals surface area contributed by atoms with Crippen molar-refractivity contribution in [2.24, 2.45) is 0 Å². The van der Waals surface area contributed by atoms with Crippen molar-refractivity contribution in [2.75, 3.05) is 0 Å². The number of hydrogen-bond acceptors (Lipinski definition) is 5. The summed E-state index contributed by atoms with van der Waals surface area (Å²) in [5.74, 6) is -0.653. The fourth-order valence-corrected chi connectivity index (χ4v) is 3.10. The molecule has 1 atom stereocenters. The molecule has 3 rings (SSSR count). The number of benzene rings is 2. The summed E-state index contributed by atoms with van der Waals surface area (Å²) < 4.78 is 54.9. The molecular formula is C16H12F4N4OS. The summed E-state index contributed by atoms with van der Waals surface area (Å²) in [6.45, 7) is 1.91. The van der Waals surface area contributed by atoms with Crippen LogP contribution in [-0.2, 0) is 0 Å². The number of halogens is 4. The van der Waals surface area contributed by atoms with E-state index in [0.29, 0.717) is 10.8 Å². The van der Waals surface area contributed by atoms with Crippen molar-refractivity contribution in [1.82, 2.24) is 20.2 Å². The summed E-state index contributed by atoms with van der Waals surface area (Å²) in [7, 11) is 0. The van der Waals surface area contributed by atoms with Gasteiger partial charge in [-0.25, -0.2) is 4.39 Å². The van der Waals surface area contributed by atoms with Gasteiger partial charge >= 0.3 is 6.36 Å². The van der Waals surface area contributed by atoms with E-state index in [4.69, 9.17) is 0 Å². The Morgan fingerprint density at radius 3 is 2.31 bits per heavy atom. The lowest BCUT2D eigenvalue weighted by Gasteiger charge is -2.12. The van der Waals surface area contributed by atoms with Crippen molar-refractivity contribution in [2.45, 2.75) is 23.7 Å². The number of ether oxygens (including phenoxy) is 1. The summed E-state index contributed by atoms with van der Waals surface area (Å²) in [6.07, 6.45) is -4.75. The molecule has 0 bridgehead atoms. The van der Waals surface area contributed by atoms with Crippen molar-refractivity contribution in [3.8, 4) is 11.4 Å². The summed E-state index contributed by atoms with van der Waals surface area (Å²) in [6, 6.07) is 11.3. The van der Waals surface area contributed by atoms with Gasteiger partial charge in [0, 0.05) is 5.25 Å². The molecule has 26 heavy (non-hydrogen) atoms. The average molecular weight is 384 g/mol. The van der Waals surface area contributed by atoms with Gasteiger partial charge in [-0.1, -0.05) is 23.9 Å². The Balaban J connectivity index is 1.77. The lowest BCUT2D eigenvalue weighted by Crippen LogP contribution is -2.17. The maximum atomic E-state index is 13.0. The van der Waals surface area contributed by atoms with E-state index in [-0.39, 0.29) is 16.8 Å². The molecule has 0 radical (unpaired) electrons. The monoisotopic (exact) mass is 384 g/mol. The topological polar surface area (TPSA) is 52.8 Å². The Bertz CT molecular complexity index is 865. The standard InChI is InChI=1S/C16H12F4N4OS/c1-10(11-2-4-12(17)5-3-11)26-15-21-22-23-24(15)13-6-8-14(9-7-13)25-16(18,19)20/h2-10H,1H3/t10-/m0/s1. The molecule has 136 valence electrons. The van der Waals surface area contributed by atoms with E-state index < -0.39 is 6.36 Å². The van der Waals surface area contributed by atoms with Crippen LogP contribution in [0, 0.1) is 5.82 Å². The second-order valence-electron chi connectivity index (χ2n) is 5.23. The molecule has 0 saturated heterocycles. The molecule has 0 unspecified atom stereocenters. The third-order valence-electron chi connectivity index (χ3n) is 3.38. The summed E-state index contributed by atoms with van der Waals surface area (Å²) >= 11 is 1.34. The minimum Gasteiger partial charge on any atom is -0.406 e. The number of rotatable bonds is 5. The third-order valence-corrected chi connectivity index (χ3v) is 4.47. The molecule has 3 aromatic rings. The van der Waals surface area contributed by atoms with Crippen LogP contribution in [0.25, 0.3) is 5.69 Å². The van der Waals surface area contributed by atoms with Gasteiger partial charge in [0.2, 0.25) is 5.16 Å². The Labute approximate surface area is 150 Å². The third kappa shape index (κ3) is 4.51. The first-order valence-electron chi connectivity index (χ1n) is 7.38. The number of tetrazole rings is 1. The normalized spacial score (nSPS) is 12.8. The van der Waals surface area contributed by atoms with Crippen LogP contribution in [0.1, 0.15) is 17.7 Å². The predicted octanol–water partition coefficient (Wildman–Crippen LogP) is 4.55. The summed E-state index contributed by atoms with van der Waals surface area (Å²) in [5.41, 5.74) is 1.37. The quantitative estimate of drug-likeness (QED) is 0.477. The zero-order valence-corrected chi connectivity index (χ0v) is 14.1. The Kier molecular flexibility index (Phi) is 5.12. The zero-order valence-electron chi connectivity index (χ0n) is 13.3. The highest BCUT2D eigenvalue weighted by Crippen LogP contribution is 2.34. The van der Waals surface area contributed by atoms with Gasteiger partial charge in [-0.15, -0.1) is 18.3 Å². The second-order valence-corrected chi connectivity index (χ2v) is 6.53. The molecule has 2 aromatic carbocycles. The first kappa shape index (κ1) is 18.2. The SMILES string of the molecule is C[C@H](Sc1nnnn1-c1ccc(OC(F)(F)F)cc1)c1ccc(F)cc1. The van der Waals surface area contributed by atoms with Gasteiger partial charge < -0.3 is 4.74 Å². The van der Waals surface area contributed by atoms with Gasteiger partial charge in [-0.3, -0.25) is 0 Å². The van der Waals surface area contributed by atoms with E-state index >= 15 is 0 Å². The van der Waals surface area contributed by atoms with Crippen LogP contribution in [0.4, 0.5) is 17.6 Å². The Morgan fingerprint density at radius 2 is 1.69 bits per heavy atom. The molecule has 5 nitrogen and oxygen atoms in total. The van der Waals surface area contributed by atoms with E-state index in [2.05, 4.69) is 20.3 Å². The predicted molar refractivity (Wildman–Crippen MR) is 86.5 cm³/mol. The number of alkyl halides is 3. The molecule has 0 aliphatic carbocycles. The van der Waals surface area contributed by atoms with E-state index in [1.165, 1.54) is 52.8 Å². The molecular weight excluding hydrogens is 372 g/mol. The van der Waals surface area contributed by atoms with Crippen LogP contribution in [0.15, 0.2) is 53.7 Å². The average Bonchev–Trinajstić information content (AvgIpc) is 3.03. The van der Waals surface area contributed by atoms with Crippen LogP contribution in [0.3, 0.4) is 0 Å². The molecule has 10 heteroatoms. The molecule has 0 saturated carbocycles. The Morgan fingerprint density at radius 1 is 1.04 bits per heavy atom. The number of aromatic nitrogens is 4. The van der Waals surface area contributed by atoms with Crippen molar-refractivity contribution in [3.05, 3.63) is 59.9 Å². The number of nitrogens with zero attached hydrogens (tertiary/aromatic N) is 4. The smallest absolute Gasteiger partial charge is 0.406 e. The molecule has 0 amide bonds. The lowest BCUT2D eigenvalue weighted by molar-refractivity contribution is -0.274. The molecule has 0 aliphatic heterocycles. The fourth-order valence-electron chi connectivity index (χ4n) is 2.16. The van der Waals surface area contributed by atoms with Crippen LogP contribution >= 0.6 is 11.8 Å². The van der Waals surface area contributed by atoms with Crippen molar-refractivity contribution in [1.29, 1.82) is 0 Å². The molecule has 1 aromatic heterocycles. The van der Waals surface area contributed by atoms with Crippen LogP contribution in [0.2, 0.25) is 0 Å². The maximum Gasteiger partial charge on any atom is 0.573 e. The minimum absolute atomic E-state index is 0.0619. The number of thioether (sulfide) groups is 1. The van der Waals surface area contributed by atoms with Gasteiger partial charge in [0.05, 0.1) is 5.69 Å². The van der Waals surface area contributed by atoms with Gasteiger partial charge in [-0.2, -0.15) is 4.68 Å². The molecule has 1 heterocycles. The fraction of sp³-hybridized carbons (Fsp3) is 0.188. The number of hydrogen-bond donors (Lipinski definition) is 0. The first-order valence-corrected chi connectivity index (χ1v) is 8.26. The van der Waals surface area contributed by atoms with Gasteiger partial charge in [0.15, 0.2) is 0 Å². The van der Waals surface area contributed by atoms with Crippen molar-refractivity contribution < 1.29 is 22.3 Å². The van der Waals surface area contributed by atoms with E-state index in [0.717, 1.165) is 5.56 Å².